The van der Waals surface area contributed by atoms with Crippen molar-refractivity contribution in [2.24, 2.45) is 0 Å². The molecule has 116 valence electrons. The van der Waals surface area contributed by atoms with Crippen LogP contribution in [-0.4, -0.2) is 30.5 Å². The lowest BCUT2D eigenvalue weighted by Gasteiger charge is -2.27. The number of benzene rings is 1. The summed E-state index contributed by atoms with van der Waals surface area (Å²) in [7, 11) is 0. The molecule has 0 spiro atoms. The molecule has 0 radical (unpaired) electrons. The molecule has 0 saturated carbocycles. The highest BCUT2D eigenvalue weighted by atomic mass is 35.5. The van der Waals surface area contributed by atoms with Gasteiger partial charge in [0.2, 0.25) is 0 Å². The van der Waals surface area contributed by atoms with Crippen molar-refractivity contribution < 1.29 is 0 Å². The van der Waals surface area contributed by atoms with Crippen LogP contribution in [0.5, 0.6) is 0 Å². The highest BCUT2D eigenvalue weighted by molar-refractivity contribution is 7.99. The molecule has 1 aliphatic rings. The number of fused-ring (bicyclic) bond motifs is 1. The molecule has 3 heterocycles. The fourth-order valence-electron chi connectivity index (χ4n) is 2.57. The van der Waals surface area contributed by atoms with Crippen LogP contribution in [0.2, 0.25) is 5.02 Å². The Bertz CT molecular complexity index is 820. The zero-order valence-electron chi connectivity index (χ0n) is 12.3. The van der Waals surface area contributed by atoms with Crippen molar-refractivity contribution in [1.29, 1.82) is 0 Å². The first kappa shape index (κ1) is 14.7. The van der Waals surface area contributed by atoms with Crippen molar-refractivity contribution in [3.8, 4) is 11.4 Å². The molecule has 0 N–H and O–H groups in total. The summed E-state index contributed by atoms with van der Waals surface area (Å²) in [4.78, 5) is 6.71. The van der Waals surface area contributed by atoms with E-state index in [1.807, 2.05) is 48.7 Å². The van der Waals surface area contributed by atoms with Crippen LogP contribution in [0.4, 0.5) is 0 Å². The third-order valence-electron chi connectivity index (χ3n) is 3.66. The molecular weight excluding hydrogens is 330 g/mol. The maximum atomic E-state index is 6.31. The Hall–Kier alpha value is -1.89. The standard InChI is InChI=1S/C16H14ClN5S/c17-14-7-2-1-6-13(14)15-19-20-16-22(15)10-21(11-23-16)9-12-5-3-4-8-18-12/h1-8H,9-11H2. The maximum absolute atomic E-state index is 6.31. The molecule has 0 unspecified atom stereocenters. The Morgan fingerprint density at radius 3 is 2.78 bits per heavy atom. The molecule has 7 heteroatoms. The SMILES string of the molecule is Clc1ccccc1-c1nnc2n1CN(Cc1ccccn1)CS2. The van der Waals surface area contributed by atoms with Crippen molar-refractivity contribution in [3.05, 3.63) is 59.4 Å². The van der Waals surface area contributed by atoms with Gasteiger partial charge in [-0.15, -0.1) is 10.2 Å². The van der Waals surface area contributed by atoms with Crippen LogP contribution in [-0.2, 0) is 13.2 Å². The van der Waals surface area contributed by atoms with E-state index in [0.717, 1.165) is 41.3 Å². The van der Waals surface area contributed by atoms with E-state index < -0.39 is 0 Å². The Balaban J connectivity index is 1.62. The molecule has 0 atom stereocenters. The van der Waals surface area contributed by atoms with Crippen molar-refractivity contribution in [1.82, 2.24) is 24.6 Å². The average Bonchev–Trinajstić information content (AvgIpc) is 2.99. The molecule has 0 bridgehead atoms. The third-order valence-corrected chi connectivity index (χ3v) is 5.05. The molecule has 0 saturated heterocycles. The van der Waals surface area contributed by atoms with Gasteiger partial charge in [-0.25, -0.2) is 0 Å². The number of nitrogens with zero attached hydrogens (tertiary/aromatic N) is 5. The van der Waals surface area contributed by atoms with E-state index in [2.05, 4.69) is 24.6 Å². The second kappa shape index (κ2) is 6.31. The maximum Gasteiger partial charge on any atom is 0.193 e. The lowest BCUT2D eigenvalue weighted by Crippen LogP contribution is -2.30. The summed E-state index contributed by atoms with van der Waals surface area (Å²) >= 11 is 7.99. The van der Waals surface area contributed by atoms with Crippen LogP contribution in [0.3, 0.4) is 0 Å². The Morgan fingerprint density at radius 2 is 1.96 bits per heavy atom. The van der Waals surface area contributed by atoms with Crippen molar-refractivity contribution in [2.45, 2.75) is 18.4 Å². The molecule has 0 fully saturated rings. The third kappa shape index (κ3) is 2.97. The van der Waals surface area contributed by atoms with Gasteiger partial charge in [-0.2, -0.15) is 0 Å². The zero-order chi connectivity index (χ0) is 15.6. The van der Waals surface area contributed by atoms with E-state index in [1.165, 1.54) is 0 Å². The normalized spacial score (nSPS) is 14.7. The molecule has 23 heavy (non-hydrogen) atoms. The van der Waals surface area contributed by atoms with Gasteiger partial charge in [0.05, 0.1) is 23.3 Å². The quantitative estimate of drug-likeness (QED) is 0.728. The van der Waals surface area contributed by atoms with Crippen LogP contribution >= 0.6 is 23.4 Å². The van der Waals surface area contributed by atoms with E-state index in [0.29, 0.717) is 5.02 Å². The summed E-state index contributed by atoms with van der Waals surface area (Å²) < 4.78 is 2.11. The molecule has 1 aliphatic heterocycles. The molecule has 1 aromatic carbocycles. The predicted molar refractivity (Wildman–Crippen MR) is 91.0 cm³/mol. The van der Waals surface area contributed by atoms with Crippen LogP contribution in [0, 0.1) is 0 Å². The average molecular weight is 344 g/mol. The Kier molecular flexibility index (Phi) is 4.03. The van der Waals surface area contributed by atoms with E-state index in [-0.39, 0.29) is 0 Å². The number of thioether (sulfide) groups is 1. The second-order valence-corrected chi connectivity index (χ2v) is 6.60. The molecule has 5 nitrogen and oxygen atoms in total. The lowest BCUT2D eigenvalue weighted by atomic mass is 10.2. The first-order chi connectivity index (χ1) is 11.3. The largest absolute Gasteiger partial charge is 0.288 e. The first-order valence-corrected chi connectivity index (χ1v) is 8.61. The summed E-state index contributed by atoms with van der Waals surface area (Å²) in [5.41, 5.74) is 1.97. The summed E-state index contributed by atoms with van der Waals surface area (Å²) in [6.07, 6.45) is 1.83. The van der Waals surface area contributed by atoms with Crippen LogP contribution in [0.25, 0.3) is 11.4 Å². The minimum Gasteiger partial charge on any atom is -0.288 e. The Labute approximate surface area is 143 Å². The highest BCUT2D eigenvalue weighted by Gasteiger charge is 2.23. The lowest BCUT2D eigenvalue weighted by molar-refractivity contribution is 0.229. The molecular formula is C16H14ClN5S. The highest BCUT2D eigenvalue weighted by Crippen LogP contribution is 2.32. The second-order valence-electron chi connectivity index (χ2n) is 5.28. The number of hydrogen-bond donors (Lipinski definition) is 0. The van der Waals surface area contributed by atoms with E-state index in [4.69, 9.17) is 11.6 Å². The summed E-state index contributed by atoms with van der Waals surface area (Å²) in [5, 5.41) is 10.2. The smallest absolute Gasteiger partial charge is 0.193 e. The number of hydrogen-bond acceptors (Lipinski definition) is 5. The number of pyridine rings is 1. The molecule has 3 aromatic rings. The van der Waals surface area contributed by atoms with Gasteiger partial charge in [-0.1, -0.05) is 41.6 Å². The number of halogens is 1. The van der Waals surface area contributed by atoms with Gasteiger partial charge in [0.25, 0.3) is 0 Å². The molecule has 4 rings (SSSR count). The predicted octanol–water partition coefficient (Wildman–Crippen LogP) is 3.52. The van der Waals surface area contributed by atoms with Gasteiger partial charge >= 0.3 is 0 Å². The van der Waals surface area contributed by atoms with Gasteiger partial charge in [-0.3, -0.25) is 14.5 Å². The summed E-state index contributed by atoms with van der Waals surface area (Å²) in [6, 6.07) is 13.7. The van der Waals surface area contributed by atoms with E-state index in [1.54, 1.807) is 11.8 Å². The van der Waals surface area contributed by atoms with Crippen LogP contribution < -0.4 is 0 Å². The van der Waals surface area contributed by atoms with Crippen LogP contribution in [0.15, 0.2) is 53.8 Å². The van der Waals surface area contributed by atoms with Crippen LogP contribution in [0.1, 0.15) is 5.69 Å². The van der Waals surface area contributed by atoms with Gasteiger partial charge in [0.15, 0.2) is 11.0 Å². The fraction of sp³-hybridized carbons (Fsp3) is 0.188. The number of aromatic nitrogens is 4. The molecule has 0 aliphatic carbocycles. The van der Waals surface area contributed by atoms with E-state index >= 15 is 0 Å². The zero-order valence-corrected chi connectivity index (χ0v) is 13.8. The monoisotopic (exact) mass is 343 g/mol. The Morgan fingerprint density at radius 1 is 1.09 bits per heavy atom. The van der Waals surface area contributed by atoms with Gasteiger partial charge in [0.1, 0.15) is 0 Å². The van der Waals surface area contributed by atoms with Crippen molar-refractivity contribution in [3.63, 3.8) is 0 Å². The fourth-order valence-corrected chi connectivity index (χ4v) is 3.66. The van der Waals surface area contributed by atoms with Gasteiger partial charge in [0, 0.05) is 18.3 Å². The molecule has 2 aromatic heterocycles. The molecule has 0 amide bonds. The van der Waals surface area contributed by atoms with E-state index in [9.17, 15) is 0 Å². The van der Waals surface area contributed by atoms with Crippen molar-refractivity contribution in [2.75, 3.05) is 5.88 Å². The summed E-state index contributed by atoms with van der Waals surface area (Å²) in [5.74, 6) is 1.68. The first-order valence-electron chi connectivity index (χ1n) is 7.24. The van der Waals surface area contributed by atoms with Gasteiger partial charge in [-0.05, 0) is 24.3 Å². The minimum atomic E-state index is 0.689. The van der Waals surface area contributed by atoms with Crippen molar-refractivity contribution >= 4 is 23.4 Å². The minimum absolute atomic E-state index is 0.689. The summed E-state index contributed by atoms with van der Waals surface area (Å²) in [6.45, 7) is 1.53. The topological polar surface area (TPSA) is 46.8 Å². The number of rotatable bonds is 3. The van der Waals surface area contributed by atoms with Gasteiger partial charge < -0.3 is 0 Å².